The number of carbonyl (C=O) groups is 2. The Morgan fingerprint density at radius 3 is 2.57 bits per heavy atom. The summed E-state index contributed by atoms with van der Waals surface area (Å²) in [4.78, 5) is 27.8. The van der Waals surface area contributed by atoms with Crippen LogP contribution in [0, 0.1) is 11.8 Å². The molecule has 0 saturated carbocycles. The summed E-state index contributed by atoms with van der Waals surface area (Å²) in [6, 6.07) is -0.768. The lowest BCUT2D eigenvalue weighted by Crippen LogP contribution is -2.53. The van der Waals surface area contributed by atoms with E-state index in [4.69, 9.17) is 0 Å². The number of aliphatic carboxylic acids is 1. The van der Waals surface area contributed by atoms with Gasteiger partial charge in [0.1, 0.15) is 6.04 Å². The van der Waals surface area contributed by atoms with Gasteiger partial charge in [0, 0.05) is 18.8 Å². The van der Waals surface area contributed by atoms with Crippen LogP contribution >= 0.6 is 11.8 Å². The molecule has 2 aliphatic heterocycles. The Hall–Kier alpha value is -0.910. The van der Waals surface area contributed by atoms with E-state index in [1.54, 1.807) is 16.7 Å². The number of hydrogen-bond acceptors (Lipinski definition) is 3. The van der Waals surface area contributed by atoms with Gasteiger partial charge in [-0.05, 0) is 31.1 Å². The Labute approximate surface area is 131 Å². The minimum atomic E-state index is -0.887. The highest BCUT2D eigenvalue weighted by Gasteiger charge is 2.44. The molecule has 0 aromatic heterocycles. The van der Waals surface area contributed by atoms with E-state index in [0.29, 0.717) is 11.7 Å². The van der Waals surface area contributed by atoms with Crippen LogP contribution in [0.4, 0.5) is 4.79 Å². The fourth-order valence-corrected chi connectivity index (χ4v) is 4.56. The fraction of sp³-hybridized carbons (Fsp3) is 0.867. The fourth-order valence-electron chi connectivity index (χ4n) is 3.09. The minimum Gasteiger partial charge on any atom is -0.480 e. The first-order valence-corrected chi connectivity index (χ1v) is 8.88. The van der Waals surface area contributed by atoms with Crippen LogP contribution in [0.1, 0.15) is 40.0 Å². The van der Waals surface area contributed by atoms with Gasteiger partial charge >= 0.3 is 12.0 Å². The molecule has 0 aromatic carbocycles. The molecule has 0 bridgehead atoms. The lowest BCUT2D eigenvalue weighted by molar-refractivity contribution is -0.141. The van der Waals surface area contributed by atoms with Gasteiger partial charge in [-0.15, -0.1) is 11.8 Å². The Morgan fingerprint density at radius 2 is 1.95 bits per heavy atom. The average molecular weight is 314 g/mol. The number of likely N-dealkylation sites (tertiary alicyclic amines) is 1. The van der Waals surface area contributed by atoms with Crippen LogP contribution in [0.2, 0.25) is 0 Å². The van der Waals surface area contributed by atoms with E-state index in [9.17, 15) is 14.7 Å². The molecular weight excluding hydrogens is 288 g/mol. The van der Waals surface area contributed by atoms with Crippen molar-refractivity contribution in [1.82, 2.24) is 9.80 Å². The zero-order valence-corrected chi connectivity index (χ0v) is 13.9. The van der Waals surface area contributed by atoms with Gasteiger partial charge in [-0.2, -0.15) is 0 Å². The molecule has 3 atom stereocenters. The summed E-state index contributed by atoms with van der Waals surface area (Å²) in [5.74, 6) is 0.511. The molecule has 3 unspecified atom stereocenters. The highest BCUT2D eigenvalue weighted by molar-refractivity contribution is 8.00. The first kappa shape index (κ1) is 16.5. The number of thioether (sulfide) groups is 1. The highest BCUT2D eigenvalue weighted by Crippen LogP contribution is 2.35. The molecule has 5 nitrogen and oxygen atoms in total. The summed E-state index contributed by atoms with van der Waals surface area (Å²) >= 11 is 1.59. The average Bonchev–Trinajstić information content (AvgIpc) is 2.76. The molecule has 0 aromatic rings. The van der Waals surface area contributed by atoms with Crippen molar-refractivity contribution in [2.75, 3.05) is 18.8 Å². The van der Waals surface area contributed by atoms with Crippen molar-refractivity contribution in [3.8, 4) is 0 Å². The van der Waals surface area contributed by atoms with Gasteiger partial charge in [0.15, 0.2) is 0 Å². The second-order valence-electron chi connectivity index (χ2n) is 6.53. The van der Waals surface area contributed by atoms with Crippen LogP contribution in [0.3, 0.4) is 0 Å². The number of hydrogen-bond donors (Lipinski definition) is 1. The molecule has 2 rings (SSSR count). The smallest absolute Gasteiger partial charge is 0.327 e. The first-order chi connectivity index (χ1) is 9.91. The maximum Gasteiger partial charge on any atom is 0.327 e. The van der Waals surface area contributed by atoms with Crippen LogP contribution in [-0.2, 0) is 4.79 Å². The number of carbonyl (C=O) groups excluding carboxylic acids is 1. The topological polar surface area (TPSA) is 60.9 Å². The normalized spacial score (nSPS) is 30.6. The maximum atomic E-state index is 12.9. The van der Waals surface area contributed by atoms with Crippen molar-refractivity contribution in [2.24, 2.45) is 11.8 Å². The zero-order valence-electron chi connectivity index (χ0n) is 13.1. The molecule has 21 heavy (non-hydrogen) atoms. The van der Waals surface area contributed by atoms with Gasteiger partial charge in [0.25, 0.3) is 0 Å². The van der Waals surface area contributed by atoms with E-state index in [1.165, 1.54) is 0 Å². The van der Waals surface area contributed by atoms with Crippen LogP contribution in [0.25, 0.3) is 0 Å². The molecule has 6 heteroatoms. The minimum absolute atomic E-state index is 0.0284. The number of rotatable bonds is 2. The van der Waals surface area contributed by atoms with E-state index >= 15 is 0 Å². The van der Waals surface area contributed by atoms with Crippen molar-refractivity contribution in [3.63, 3.8) is 0 Å². The molecule has 0 aliphatic carbocycles. The van der Waals surface area contributed by atoms with E-state index < -0.39 is 12.0 Å². The Morgan fingerprint density at radius 1 is 1.24 bits per heavy atom. The predicted molar refractivity (Wildman–Crippen MR) is 84.3 cm³/mol. The highest BCUT2D eigenvalue weighted by atomic mass is 32.2. The second kappa shape index (κ2) is 6.90. The number of carboxylic acids is 1. The molecule has 2 saturated heterocycles. The lowest BCUT2D eigenvalue weighted by atomic mass is 10.0. The van der Waals surface area contributed by atoms with Crippen molar-refractivity contribution >= 4 is 23.8 Å². The third-order valence-electron chi connectivity index (χ3n) is 4.40. The summed E-state index contributed by atoms with van der Waals surface area (Å²) in [5.41, 5.74) is 0. The third-order valence-corrected chi connectivity index (χ3v) is 6.02. The Kier molecular flexibility index (Phi) is 5.41. The number of amides is 2. The molecule has 0 spiro atoms. The Balaban J connectivity index is 2.14. The summed E-state index contributed by atoms with van der Waals surface area (Å²) in [7, 11) is 0. The Bertz CT molecular complexity index is 402. The first-order valence-electron chi connectivity index (χ1n) is 7.83. The zero-order chi connectivity index (χ0) is 15.6. The van der Waals surface area contributed by atoms with Gasteiger partial charge in [-0.3, -0.25) is 4.90 Å². The van der Waals surface area contributed by atoms with Crippen molar-refractivity contribution in [1.29, 1.82) is 0 Å². The predicted octanol–water partition coefficient (Wildman–Crippen LogP) is 2.71. The number of carboxylic acid groups (broad SMARTS) is 1. The van der Waals surface area contributed by atoms with Gasteiger partial charge in [-0.1, -0.05) is 20.8 Å². The van der Waals surface area contributed by atoms with E-state index in [0.717, 1.165) is 32.4 Å². The molecule has 0 radical (unpaired) electrons. The molecule has 2 heterocycles. The second-order valence-corrected chi connectivity index (χ2v) is 7.68. The quantitative estimate of drug-likeness (QED) is 0.851. The number of nitrogens with zero attached hydrogens (tertiary/aromatic N) is 2. The molecular formula is C15H26N2O3S. The SMILES string of the molecule is CC1CCCN(C(=O)N2C(C(=O)O)CSC2C(C)C)CC1. The molecule has 2 amide bonds. The van der Waals surface area contributed by atoms with Crippen molar-refractivity contribution < 1.29 is 14.7 Å². The molecule has 2 aliphatic rings. The molecule has 120 valence electrons. The van der Waals surface area contributed by atoms with Crippen molar-refractivity contribution in [2.45, 2.75) is 51.4 Å². The van der Waals surface area contributed by atoms with Gasteiger partial charge in [0.05, 0.1) is 5.37 Å². The van der Waals surface area contributed by atoms with Crippen LogP contribution in [0.5, 0.6) is 0 Å². The number of urea groups is 1. The van der Waals surface area contributed by atoms with E-state index in [2.05, 4.69) is 6.92 Å². The standard InChI is InChI=1S/C15H26N2O3S/c1-10(2)13-17(12(9-21-13)14(18)19)15(20)16-7-4-5-11(3)6-8-16/h10-13H,4-9H2,1-3H3,(H,18,19). The summed E-state index contributed by atoms with van der Waals surface area (Å²) < 4.78 is 0. The summed E-state index contributed by atoms with van der Waals surface area (Å²) in [6.45, 7) is 7.82. The maximum absolute atomic E-state index is 12.9. The molecule has 1 N–H and O–H groups in total. The third kappa shape index (κ3) is 3.65. The summed E-state index contributed by atoms with van der Waals surface area (Å²) in [6.07, 6.45) is 3.17. The largest absolute Gasteiger partial charge is 0.480 e. The van der Waals surface area contributed by atoms with Crippen LogP contribution < -0.4 is 0 Å². The van der Waals surface area contributed by atoms with E-state index in [1.807, 2.05) is 18.7 Å². The van der Waals surface area contributed by atoms with Gasteiger partial charge < -0.3 is 10.0 Å². The van der Waals surface area contributed by atoms with Crippen LogP contribution in [-0.4, -0.2) is 57.2 Å². The van der Waals surface area contributed by atoms with E-state index in [-0.39, 0.29) is 17.3 Å². The lowest BCUT2D eigenvalue weighted by Gasteiger charge is -2.34. The monoisotopic (exact) mass is 314 g/mol. The summed E-state index contributed by atoms with van der Waals surface area (Å²) in [5, 5.41) is 9.37. The van der Waals surface area contributed by atoms with Gasteiger partial charge in [-0.25, -0.2) is 9.59 Å². The van der Waals surface area contributed by atoms with Crippen molar-refractivity contribution in [3.05, 3.63) is 0 Å². The molecule has 2 fully saturated rings. The van der Waals surface area contributed by atoms with Gasteiger partial charge in [0.2, 0.25) is 0 Å². The van der Waals surface area contributed by atoms with Crippen LogP contribution in [0.15, 0.2) is 0 Å².